The van der Waals surface area contributed by atoms with Gasteiger partial charge >= 0.3 is 0 Å². The minimum atomic E-state index is -3.72. The first-order valence-corrected chi connectivity index (χ1v) is 6.88. The van der Waals surface area contributed by atoms with Crippen LogP contribution in [0.15, 0.2) is 24.3 Å². The number of anilines is 1. The van der Waals surface area contributed by atoms with Gasteiger partial charge in [0.25, 0.3) is 0 Å². The lowest BCUT2D eigenvalue weighted by atomic mass is 10.3. The van der Waals surface area contributed by atoms with E-state index in [4.69, 9.17) is 18.0 Å². The molecule has 1 aromatic carbocycles. The molecular formula is C10H13FN2O2S2. The molecule has 1 unspecified atom stereocenters. The van der Waals surface area contributed by atoms with E-state index in [0.29, 0.717) is 0 Å². The van der Waals surface area contributed by atoms with Gasteiger partial charge in [-0.2, -0.15) is 0 Å². The maximum absolute atomic E-state index is 12.9. The summed E-state index contributed by atoms with van der Waals surface area (Å²) in [6, 6.07) is 5.17. The Balaban J connectivity index is 2.97. The number of benzene rings is 1. The molecule has 0 fully saturated rings. The van der Waals surface area contributed by atoms with E-state index in [1.54, 1.807) is 6.92 Å². The minimum Gasteiger partial charge on any atom is -0.392 e. The molecule has 1 atom stereocenters. The molecule has 1 aromatic rings. The van der Waals surface area contributed by atoms with Crippen molar-refractivity contribution in [3.05, 3.63) is 30.1 Å². The Bertz CT molecular complexity index is 517. The van der Waals surface area contributed by atoms with E-state index >= 15 is 0 Å². The zero-order chi connectivity index (χ0) is 13.1. The summed E-state index contributed by atoms with van der Waals surface area (Å²) in [5.41, 5.74) is 5.51. The molecule has 0 amide bonds. The van der Waals surface area contributed by atoms with Gasteiger partial charge in [0.1, 0.15) is 11.1 Å². The van der Waals surface area contributed by atoms with Crippen LogP contribution in [0.5, 0.6) is 0 Å². The zero-order valence-electron chi connectivity index (χ0n) is 9.18. The molecule has 0 saturated carbocycles. The summed E-state index contributed by atoms with van der Waals surface area (Å²) < 4.78 is 38.9. The molecule has 0 radical (unpaired) electrons. The number of hydrogen-bond donors (Lipinski definition) is 2. The van der Waals surface area contributed by atoms with E-state index in [-0.39, 0.29) is 17.1 Å². The normalized spacial score (nSPS) is 13.1. The van der Waals surface area contributed by atoms with Gasteiger partial charge in [-0.25, -0.2) is 12.8 Å². The lowest BCUT2D eigenvalue weighted by Crippen LogP contribution is -2.37. The van der Waals surface area contributed by atoms with Gasteiger partial charge in [0.15, 0.2) is 0 Å². The number of halogens is 1. The van der Waals surface area contributed by atoms with Gasteiger partial charge in [0.2, 0.25) is 10.0 Å². The molecule has 0 bridgehead atoms. The standard InChI is InChI=1S/C10H13FN2O2S2/c1-2-9(10(12)16)17(14,15)13-8-5-3-4-7(11)6-8/h3-6,9,13H,2H2,1H3,(H2,12,16). The van der Waals surface area contributed by atoms with Crippen LogP contribution >= 0.6 is 12.2 Å². The van der Waals surface area contributed by atoms with Crippen molar-refractivity contribution in [3.8, 4) is 0 Å². The first-order chi connectivity index (χ1) is 7.86. The number of hydrogen-bond acceptors (Lipinski definition) is 3. The van der Waals surface area contributed by atoms with Crippen molar-refractivity contribution in [2.75, 3.05) is 4.72 Å². The molecule has 1 rings (SSSR count). The Kier molecular flexibility index (Phi) is 4.41. The maximum atomic E-state index is 12.9. The van der Waals surface area contributed by atoms with Gasteiger partial charge in [-0.1, -0.05) is 25.2 Å². The first-order valence-electron chi connectivity index (χ1n) is 4.93. The van der Waals surface area contributed by atoms with Crippen molar-refractivity contribution in [1.29, 1.82) is 0 Å². The Morgan fingerprint density at radius 2 is 2.24 bits per heavy atom. The average Bonchev–Trinajstić information content (AvgIpc) is 2.16. The molecule has 0 aliphatic carbocycles. The molecule has 7 heteroatoms. The fourth-order valence-corrected chi connectivity index (χ4v) is 3.25. The van der Waals surface area contributed by atoms with Crippen LogP contribution in [0.4, 0.5) is 10.1 Å². The molecule has 0 saturated heterocycles. The van der Waals surface area contributed by atoms with E-state index < -0.39 is 21.1 Å². The Labute approximate surface area is 105 Å². The molecular weight excluding hydrogens is 263 g/mol. The van der Waals surface area contributed by atoms with Gasteiger partial charge in [0.05, 0.1) is 10.7 Å². The predicted molar refractivity (Wildman–Crippen MR) is 69.8 cm³/mol. The SMILES string of the molecule is CCC(C(N)=S)S(=O)(=O)Nc1cccc(F)c1. The highest BCUT2D eigenvalue weighted by atomic mass is 32.2. The Morgan fingerprint density at radius 3 is 2.71 bits per heavy atom. The number of nitrogens with two attached hydrogens (primary N) is 1. The minimum absolute atomic E-state index is 0.101. The van der Waals surface area contributed by atoms with Crippen molar-refractivity contribution in [2.24, 2.45) is 5.73 Å². The van der Waals surface area contributed by atoms with Crippen LogP contribution in [0.3, 0.4) is 0 Å². The van der Waals surface area contributed by atoms with E-state index in [0.717, 1.165) is 6.07 Å². The zero-order valence-corrected chi connectivity index (χ0v) is 10.8. The second-order valence-corrected chi connectivity index (χ2v) is 5.79. The lowest BCUT2D eigenvalue weighted by molar-refractivity contribution is 0.594. The summed E-state index contributed by atoms with van der Waals surface area (Å²) in [4.78, 5) is -0.101. The summed E-state index contributed by atoms with van der Waals surface area (Å²) in [6.07, 6.45) is 0.264. The van der Waals surface area contributed by atoms with Gasteiger partial charge in [-0.15, -0.1) is 0 Å². The number of nitrogens with one attached hydrogen (secondary N) is 1. The third-order valence-corrected chi connectivity index (χ3v) is 4.44. The highest BCUT2D eigenvalue weighted by molar-refractivity contribution is 7.95. The third-order valence-electron chi connectivity index (χ3n) is 2.15. The largest absolute Gasteiger partial charge is 0.392 e. The maximum Gasteiger partial charge on any atom is 0.242 e. The smallest absolute Gasteiger partial charge is 0.242 e. The average molecular weight is 276 g/mol. The van der Waals surface area contributed by atoms with E-state index in [9.17, 15) is 12.8 Å². The first kappa shape index (κ1) is 13.9. The summed E-state index contributed by atoms with van der Waals surface area (Å²) in [5.74, 6) is -0.520. The van der Waals surface area contributed by atoms with E-state index in [2.05, 4.69) is 4.72 Å². The van der Waals surface area contributed by atoms with Crippen LogP contribution in [0.2, 0.25) is 0 Å². The van der Waals surface area contributed by atoms with E-state index in [1.165, 1.54) is 18.2 Å². The fourth-order valence-electron chi connectivity index (χ4n) is 1.36. The number of thiocarbonyl (C=S) groups is 1. The Morgan fingerprint density at radius 1 is 1.59 bits per heavy atom. The molecule has 0 aliphatic heterocycles. The predicted octanol–water partition coefficient (Wildman–Crippen LogP) is 1.63. The molecule has 0 aliphatic rings. The molecule has 0 spiro atoms. The topological polar surface area (TPSA) is 72.2 Å². The summed E-state index contributed by atoms with van der Waals surface area (Å²) in [7, 11) is -3.72. The van der Waals surface area contributed by atoms with Crippen molar-refractivity contribution < 1.29 is 12.8 Å². The quantitative estimate of drug-likeness (QED) is 0.802. The van der Waals surface area contributed by atoms with Crippen LogP contribution in [0.25, 0.3) is 0 Å². The van der Waals surface area contributed by atoms with Crippen LogP contribution in [0, 0.1) is 5.82 Å². The van der Waals surface area contributed by atoms with Gasteiger partial charge < -0.3 is 5.73 Å². The van der Waals surface area contributed by atoms with Gasteiger partial charge in [-0.3, -0.25) is 4.72 Å². The fraction of sp³-hybridized carbons (Fsp3) is 0.300. The van der Waals surface area contributed by atoms with E-state index in [1.807, 2.05) is 0 Å². The molecule has 3 N–H and O–H groups in total. The second kappa shape index (κ2) is 5.42. The van der Waals surface area contributed by atoms with Crippen LogP contribution in [-0.2, 0) is 10.0 Å². The lowest BCUT2D eigenvalue weighted by Gasteiger charge is -2.15. The van der Waals surface area contributed by atoms with Crippen molar-refractivity contribution in [2.45, 2.75) is 18.6 Å². The summed E-state index contributed by atoms with van der Waals surface area (Å²) in [5, 5.41) is -0.958. The number of rotatable bonds is 5. The second-order valence-electron chi connectivity index (χ2n) is 3.46. The van der Waals surface area contributed by atoms with Crippen LogP contribution < -0.4 is 10.5 Å². The highest BCUT2D eigenvalue weighted by Gasteiger charge is 2.26. The Hall–Kier alpha value is -1.21. The highest BCUT2D eigenvalue weighted by Crippen LogP contribution is 2.15. The molecule has 94 valence electrons. The summed E-state index contributed by atoms with van der Waals surface area (Å²) in [6.45, 7) is 1.66. The third kappa shape index (κ3) is 3.64. The molecule has 4 nitrogen and oxygen atoms in total. The van der Waals surface area contributed by atoms with Crippen molar-refractivity contribution in [1.82, 2.24) is 0 Å². The van der Waals surface area contributed by atoms with Crippen molar-refractivity contribution in [3.63, 3.8) is 0 Å². The van der Waals surface area contributed by atoms with Crippen LogP contribution in [0.1, 0.15) is 13.3 Å². The van der Waals surface area contributed by atoms with Crippen molar-refractivity contribution >= 4 is 32.9 Å². The number of sulfonamides is 1. The van der Waals surface area contributed by atoms with Crippen LogP contribution in [-0.4, -0.2) is 18.7 Å². The monoisotopic (exact) mass is 276 g/mol. The molecule has 17 heavy (non-hydrogen) atoms. The molecule has 0 heterocycles. The molecule has 0 aromatic heterocycles. The van der Waals surface area contributed by atoms with Gasteiger partial charge in [-0.05, 0) is 24.6 Å². The summed E-state index contributed by atoms with van der Waals surface area (Å²) >= 11 is 4.69. The van der Waals surface area contributed by atoms with Gasteiger partial charge in [0, 0.05) is 0 Å².